The predicted molar refractivity (Wildman–Crippen MR) is 260 cm³/mol. The molecule has 0 fully saturated rings. The topological polar surface area (TPSA) is 3.24 Å². The number of fused-ring (bicyclic) bond motifs is 2. The summed E-state index contributed by atoms with van der Waals surface area (Å²) in [6.07, 6.45) is 9.72. The zero-order valence-corrected chi connectivity index (χ0v) is 34.5. The average molecular weight is 782 g/mol. The third kappa shape index (κ3) is 6.06. The first kappa shape index (κ1) is 35.9. The van der Waals surface area contributed by atoms with Gasteiger partial charge in [0.2, 0.25) is 0 Å². The maximum Gasteiger partial charge on any atom is 0.0540 e. The molecular weight excluding hydrogens is 735 g/mol. The lowest BCUT2D eigenvalue weighted by molar-refractivity contribution is 0.663. The second-order valence-corrected chi connectivity index (χ2v) is 17.2. The van der Waals surface area contributed by atoms with E-state index in [1.165, 1.54) is 110 Å². The van der Waals surface area contributed by atoms with Gasteiger partial charge in [0, 0.05) is 16.8 Å². The highest BCUT2D eigenvalue weighted by Crippen LogP contribution is 2.50. The summed E-state index contributed by atoms with van der Waals surface area (Å²) in [6.45, 7) is 0. The van der Waals surface area contributed by atoms with Crippen LogP contribution in [0.25, 0.3) is 76.8 Å². The quantitative estimate of drug-likeness (QED) is 0.146. The van der Waals surface area contributed by atoms with Gasteiger partial charge in [0.1, 0.15) is 0 Å². The third-order valence-electron chi connectivity index (χ3n) is 13.8. The summed E-state index contributed by atoms with van der Waals surface area (Å²) in [7, 11) is 0. The van der Waals surface area contributed by atoms with Gasteiger partial charge in [-0.1, -0.05) is 158 Å². The summed E-state index contributed by atoms with van der Waals surface area (Å²) in [6, 6.07) is 70.1. The fourth-order valence-electron chi connectivity index (χ4n) is 11.0. The Labute approximate surface area is 358 Å². The molecule has 0 saturated heterocycles. The maximum atomic E-state index is 2.47. The number of hydrogen-bond donors (Lipinski definition) is 0. The Morgan fingerprint density at radius 2 is 0.689 bits per heavy atom. The second-order valence-electron chi connectivity index (χ2n) is 17.2. The number of benzene rings is 10. The minimum atomic E-state index is 1.14. The molecule has 292 valence electrons. The van der Waals surface area contributed by atoms with Crippen LogP contribution in [-0.4, -0.2) is 0 Å². The van der Waals surface area contributed by atoms with Crippen LogP contribution >= 0.6 is 0 Å². The lowest BCUT2D eigenvalue weighted by atomic mass is 9.72. The summed E-state index contributed by atoms with van der Waals surface area (Å²) in [5.74, 6) is 0. The zero-order chi connectivity index (χ0) is 40.3. The highest BCUT2D eigenvalue weighted by molar-refractivity contribution is 6.28. The Kier molecular flexibility index (Phi) is 8.80. The molecule has 0 N–H and O–H groups in total. The fraction of sp³-hybridized carbons (Fsp3) is 0.133. The van der Waals surface area contributed by atoms with Gasteiger partial charge in [-0.2, -0.15) is 0 Å². The van der Waals surface area contributed by atoms with Crippen molar-refractivity contribution in [3.63, 3.8) is 0 Å². The molecule has 0 spiro atoms. The number of nitrogens with zero attached hydrogens (tertiary/aromatic N) is 1. The summed E-state index contributed by atoms with van der Waals surface area (Å²) >= 11 is 0. The third-order valence-corrected chi connectivity index (χ3v) is 13.8. The van der Waals surface area contributed by atoms with Crippen LogP contribution in [0.3, 0.4) is 0 Å². The van der Waals surface area contributed by atoms with E-state index in [9.17, 15) is 0 Å². The van der Waals surface area contributed by atoms with Crippen LogP contribution in [0, 0.1) is 0 Å². The van der Waals surface area contributed by atoms with Gasteiger partial charge >= 0.3 is 0 Å². The first-order valence-corrected chi connectivity index (χ1v) is 22.4. The molecule has 1 nitrogen and oxygen atoms in total. The molecule has 0 aliphatic heterocycles. The minimum absolute atomic E-state index is 1.14. The monoisotopic (exact) mass is 781 g/mol. The molecule has 0 bridgehead atoms. The molecule has 12 rings (SSSR count). The van der Waals surface area contributed by atoms with Crippen molar-refractivity contribution in [2.45, 2.75) is 51.4 Å². The van der Waals surface area contributed by atoms with Crippen LogP contribution in [0.2, 0.25) is 0 Å². The predicted octanol–water partition coefficient (Wildman–Crippen LogP) is 16.5. The number of hydrogen-bond acceptors (Lipinski definition) is 1. The molecule has 61 heavy (non-hydrogen) atoms. The van der Waals surface area contributed by atoms with Gasteiger partial charge in [-0.25, -0.2) is 0 Å². The smallest absolute Gasteiger partial charge is 0.0540 e. The van der Waals surface area contributed by atoms with Gasteiger partial charge in [0.05, 0.1) is 5.69 Å². The van der Waals surface area contributed by atoms with Gasteiger partial charge in [0.15, 0.2) is 0 Å². The Morgan fingerprint density at radius 3 is 1.20 bits per heavy atom. The number of anilines is 3. The molecule has 10 aromatic carbocycles. The van der Waals surface area contributed by atoms with Gasteiger partial charge in [-0.3, -0.25) is 0 Å². The summed E-state index contributed by atoms with van der Waals surface area (Å²) in [5.41, 5.74) is 20.8. The van der Waals surface area contributed by atoms with Gasteiger partial charge < -0.3 is 4.90 Å². The molecule has 0 aromatic heterocycles. The average Bonchev–Trinajstić information content (AvgIpc) is 3.34. The summed E-state index contributed by atoms with van der Waals surface area (Å²) in [4.78, 5) is 2.46. The van der Waals surface area contributed by atoms with E-state index in [0.29, 0.717) is 0 Å². The normalized spacial score (nSPS) is 13.7. The van der Waals surface area contributed by atoms with Gasteiger partial charge in [0.25, 0.3) is 0 Å². The largest absolute Gasteiger partial charge is 0.310 e. The molecule has 2 aliphatic carbocycles. The van der Waals surface area contributed by atoms with E-state index in [1.54, 1.807) is 33.4 Å². The second kappa shape index (κ2) is 14.9. The van der Waals surface area contributed by atoms with E-state index >= 15 is 0 Å². The van der Waals surface area contributed by atoms with E-state index in [0.717, 1.165) is 24.2 Å². The lowest BCUT2D eigenvalue weighted by Gasteiger charge is -2.32. The van der Waals surface area contributed by atoms with Crippen molar-refractivity contribution >= 4 is 49.4 Å². The van der Waals surface area contributed by atoms with Crippen LogP contribution in [-0.2, 0) is 25.7 Å². The Hall–Kier alpha value is -6.96. The first-order valence-electron chi connectivity index (χ1n) is 22.4. The summed E-state index contributed by atoms with van der Waals surface area (Å²) in [5, 5.41) is 7.99. The molecule has 0 radical (unpaired) electrons. The molecule has 0 unspecified atom stereocenters. The SMILES string of the molecule is c1ccc(-c2ccc(N(c3ccc(-c4ccccc4)cc3)c3ccc4ccc5c(-c6c7c(c(-c8ccccc8)c8c6CCCC8)CCCC7)ccc6ccc3c4c65)cc2)cc1. The highest BCUT2D eigenvalue weighted by Gasteiger charge is 2.29. The Bertz CT molecular complexity index is 3080. The van der Waals surface area contributed by atoms with Crippen LogP contribution in [0.4, 0.5) is 17.1 Å². The van der Waals surface area contributed by atoms with E-state index in [4.69, 9.17) is 0 Å². The highest BCUT2D eigenvalue weighted by atomic mass is 15.1. The van der Waals surface area contributed by atoms with Crippen molar-refractivity contribution in [3.8, 4) is 44.5 Å². The molecule has 2 aliphatic rings. The molecule has 1 heteroatoms. The number of rotatable bonds is 7. The van der Waals surface area contributed by atoms with Gasteiger partial charge in [-0.05, 0) is 175 Å². The van der Waals surface area contributed by atoms with Crippen molar-refractivity contribution in [1.29, 1.82) is 0 Å². The van der Waals surface area contributed by atoms with Crippen LogP contribution < -0.4 is 4.90 Å². The lowest BCUT2D eigenvalue weighted by Crippen LogP contribution is -2.15. The van der Waals surface area contributed by atoms with E-state index in [2.05, 4.69) is 193 Å². The molecule has 0 heterocycles. The molecule has 0 atom stereocenters. The summed E-state index contributed by atoms with van der Waals surface area (Å²) < 4.78 is 0. The van der Waals surface area contributed by atoms with Crippen molar-refractivity contribution in [2.24, 2.45) is 0 Å². The Morgan fingerprint density at radius 1 is 0.295 bits per heavy atom. The van der Waals surface area contributed by atoms with E-state index < -0.39 is 0 Å². The van der Waals surface area contributed by atoms with Crippen molar-refractivity contribution in [1.82, 2.24) is 0 Å². The molecular formula is C60H47N. The fourth-order valence-corrected chi connectivity index (χ4v) is 11.0. The molecule has 0 amide bonds. The van der Waals surface area contributed by atoms with Crippen LogP contribution in [0.1, 0.15) is 47.9 Å². The standard InChI is InChI=1S/C60H47N/c1-4-14-40(15-5-1)42-24-32-47(33-25-42)61(48-34-26-43(27-35-48)41-16-6-2-7-17-41)56-39-31-46-28-36-53-54(37-29-45-30-38-55(56)59(46)58(45)53)60-51-22-12-10-20-49(51)57(44-18-8-3-9-19-44)50-21-11-13-23-52(50)60/h1-9,14-19,24-39H,10-13,20-23H2. The van der Waals surface area contributed by atoms with Crippen molar-refractivity contribution < 1.29 is 0 Å². The zero-order valence-electron chi connectivity index (χ0n) is 34.5. The van der Waals surface area contributed by atoms with Crippen molar-refractivity contribution in [3.05, 3.63) is 210 Å². The van der Waals surface area contributed by atoms with Gasteiger partial charge in [-0.15, -0.1) is 0 Å². The first-order chi connectivity index (χ1) is 30.3. The molecule has 10 aromatic rings. The van der Waals surface area contributed by atoms with Crippen LogP contribution in [0.5, 0.6) is 0 Å². The van der Waals surface area contributed by atoms with Crippen LogP contribution in [0.15, 0.2) is 188 Å². The van der Waals surface area contributed by atoms with E-state index in [1.807, 2.05) is 0 Å². The van der Waals surface area contributed by atoms with E-state index in [-0.39, 0.29) is 0 Å². The Balaban J connectivity index is 1.07. The minimum Gasteiger partial charge on any atom is -0.310 e. The van der Waals surface area contributed by atoms with Crippen molar-refractivity contribution in [2.75, 3.05) is 4.90 Å². The maximum absolute atomic E-state index is 2.47. The molecule has 0 saturated carbocycles.